The molecule has 1 aliphatic heterocycles. The number of aromatic amines is 1. The molecule has 206 valence electrons. The van der Waals surface area contributed by atoms with Gasteiger partial charge in [-0.25, -0.2) is 0 Å². The van der Waals surface area contributed by atoms with Gasteiger partial charge in [0.2, 0.25) is 5.91 Å². The molecule has 0 saturated heterocycles. The first kappa shape index (κ1) is 26.4. The third kappa shape index (κ3) is 5.09. The highest BCUT2D eigenvalue weighted by Gasteiger charge is 2.46. The number of amides is 2. The van der Waals surface area contributed by atoms with Crippen molar-refractivity contribution in [3.63, 3.8) is 0 Å². The third-order valence-corrected chi connectivity index (χ3v) is 8.04. The van der Waals surface area contributed by atoms with Gasteiger partial charge in [-0.15, -0.1) is 0 Å². The molecule has 3 unspecified atom stereocenters. The Bertz CT molecular complexity index is 1680. The van der Waals surface area contributed by atoms with Gasteiger partial charge in [-0.2, -0.15) is 0 Å². The number of fused-ring (bicyclic) bond motifs is 2. The molecule has 0 bridgehead atoms. The van der Waals surface area contributed by atoms with Crippen LogP contribution in [0.4, 0.5) is 5.69 Å². The van der Waals surface area contributed by atoms with Crippen LogP contribution in [0, 0.1) is 5.92 Å². The lowest BCUT2D eigenvalue weighted by Gasteiger charge is -2.36. The average Bonchev–Trinajstić information content (AvgIpc) is 3.56. The Morgan fingerprint density at radius 1 is 0.902 bits per heavy atom. The molecule has 1 aliphatic rings. The van der Waals surface area contributed by atoms with Gasteiger partial charge in [0.05, 0.1) is 6.04 Å². The Kier molecular flexibility index (Phi) is 7.30. The van der Waals surface area contributed by atoms with Gasteiger partial charge in [0.25, 0.3) is 5.91 Å². The van der Waals surface area contributed by atoms with Crippen molar-refractivity contribution in [3.8, 4) is 5.75 Å². The highest BCUT2D eigenvalue weighted by molar-refractivity contribution is 6.05. The first-order valence-electron chi connectivity index (χ1n) is 14.1. The Labute approximate surface area is 240 Å². The fourth-order valence-corrected chi connectivity index (χ4v) is 5.73. The Hall–Kier alpha value is -4.84. The first-order valence-corrected chi connectivity index (χ1v) is 14.1. The van der Waals surface area contributed by atoms with Gasteiger partial charge in [-0.3, -0.25) is 9.59 Å². The van der Waals surface area contributed by atoms with Crippen molar-refractivity contribution >= 4 is 28.4 Å². The molecule has 5 aromatic rings. The number of para-hydroxylation sites is 1. The third-order valence-electron chi connectivity index (χ3n) is 8.04. The second-order valence-electron chi connectivity index (χ2n) is 10.6. The van der Waals surface area contributed by atoms with E-state index in [1.54, 1.807) is 4.90 Å². The summed E-state index contributed by atoms with van der Waals surface area (Å²) in [6.07, 6.45) is 2.71. The van der Waals surface area contributed by atoms with Crippen LogP contribution in [0.3, 0.4) is 0 Å². The van der Waals surface area contributed by atoms with Gasteiger partial charge in [-0.05, 0) is 53.4 Å². The molecule has 3 atom stereocenters. The van der Waals surface area contributed by atoms with E-state index in [9.17, 15) is 9.59 Å². The number of carbonyl (C=O) groups excluding carboxylic acids is 2. The van der Waals surface area contributed by atoms with Crippen LogP contribution in [-0.2, 0) is 11.4 Å². The fourth-order valence-electron chi connectivity index (χ4n) is 5.73. The number of hydrogen-bond acceptors (Lipinski definition) is 3. The molecule has 1 aromatic heterocycles. The van der Waals surface area contributed by atoms with E-state index < -0.39 is 6.04 Å². The number of ether oxygens (including phenoxy) is 1. The number of H-pyrrole nitrogens is 1. The minimum Gasteiger partial charge on any atom is -0.489 e. The second kappa shape index (κ2) is 11.3. The largest absolute Gasteiger partial charge is 0.489 e. The van der Waals surface area contributed by atoms with Crippen molar-refractivity contribution < 1.29 is 14.3 Å². The lowest BCUT2D eigenvalue weighted by molar-refractivity contribution is -0.122. The molecular formula is C35H33N3O3. The summed E-state index contributed by atoms with van der Waals surface area (Å²) in [6.45, 7) is 4.56. The van der Waals surface area contributed by atoms with E-state index in [1.165, 1.54) is 0 Å². The summed E-state index contributed by atoms with van der Waals surface area (Å²) in [6, 6.07) is 32.1. The summed E-state index contributed by atoms with van der Waals surface area (Å²) in [5, 5.41) is 4.13. The zero-order valence-corrected chi connectivity index (χ0v) is 23.2. The van der Waals surface area contributed by atoms with E-state index in [2.05, 4.69) is 23.3 Å². The number of anilines is 1. The summed E-state index contributed by atoms with van der Waals surface area (Å²) < 4.78 is 5.91. The quantitative estimate of drug-likeness (QED) is 0.204. The Morgan fingerprint density at radius 2 is 1.61 bits per heavy atom. The fraction of sp³-hybridized carbons (Fsp3) is 0.200. The molecule has 41 heavy (non-hydrogen) atoms. The first-order chi connectivity index (χ1) is 20.0. The number of nitrogens with one attached hydrogen (secondary N) is 2. The van der Waals surface area contributed by atoms with Gasteiger partial charge in [0, 0.05) is 33.9 Å². The molecule has 2 N–H and O–H groups in total. The minimum atomic E-state index is -0.674. The smallest absolute Gasteiger partial charge is 0.255 e. The zero-order chi connectivity index (χ0) is 28.3. The summed E-state index contributed by atoms with van der Waals surface area (Å²) >= 11 is 0. The number of aromatic nitrogens is 1. The van der Waals surface area contributed by atoms with Crippen molar-refractivity contribution in [3.05, 3.63) is 132 Å². The van der Waals surface area contributed by atoms with Crippen molar-refractivity contribution in [2.75, 3.05) is 5.32 Å². The maximum Gasteiger partial charge on any atom is 0.255 e. The predicted octanol–water partition coefficient (Wildman–Crippen LogP) is 7.35. The minimum absolute atomic E-state index is 0.0746. The van der Waals surface area contributed by atoms with Crippen molar-refractivity contribution in [1.29, 1.82) is 0 Å². The summed E-state index contributed by atoms with van der Waals surface area (Å²) in [5.74, 6) is 0.314. The summed E-state index contributed by atoms with van der Waals surface area (Å²) in [4.78, 5) is 33.2. The lowest BCUT2D eigenvalue weighted by Crippen LogP contribution is -2.49. The van der Waals surface area contributed by atoms with E-state index in [-0.39, 0.29) is 23.8 Å². The Morgan fingerprint density at radius 3 is 2.39 bits per heavy atom. The van der Waals surface area contributed by atoms with E-state index in [0.29, 0.717) is 17.9 Å². The van der Waals surface area contributed by atoms with Crippen LogP contribution < -0.4 is 10.1 Å². The number of hydrogen-bond donors (Lipinski definition) is 2. The molecule has 6 nitrogen and oxygen atoms in total. The number of benzene rings is 4. The molecule has 6 heteroatoms. The van der Waals surface area contributed by atoms with Crippen LogP contribution in [-0.4, -0.2) is 27.7 Å². The van der Waals surface area contributed by atoms with Crippen LogP contribution in [0.25, 0.3) is 10.9 Å². The van der Waals surface area contributed by atoms with Crippen LogP contribution >= 0.6 is 0 Å². The highest BCUT2D eigenvalue weighted by atomic mass is 16.5. The van der Waals surface area contributed by atoms with E-state index >= 15 is 0 Å². The summed E-state index contributed by atoms with van der Waals surface area (Å²) in [7, 11) is 0. The van der Waals surface area contributed by atoms with Crippen LogP contribution in [0.2, 0.25) is 0 Å². The molecule has 4 aromatic carbocycles. The maximum absolute atomic E-state index is 14.0. The van der Waals surface area contributed by atoms with Gasteiger partial charge in [0.1, 0.15) is 18.4 Å². The predicted molar refractivity (Wildman–Crippen MR) is 162 cm³/mol. The standard InChI is InChI=1S/C35H33N3O3/c1-3-23(2)32(34(39)37-25-17-19-26(20-18-25)41-22-24-11-5-4-6-12-24)38-33(28-14-7-8-15-29(28)35(38)40)30-21-36-31-16-10-9-13-27(30)31/h4-21,23,32-33,36H,3,22H2,1-2H3,(H,37,39). The van der Waals surface area contributed by atoms with Crippen molar-refractivity contribution in [1.82, 2.24) is 9.88 Å². The highest BCUT2D eigenvalue weighted by Crippen LogP contribution is 2.43. The van der Waals surface area contributed by atoms with Gasteiger partial charge < -0.3 is 19.9 Å². The van der Waals surface area contributed by atoms with Crippen molar-refractivity contribution in [2.24, 2.45) is 5.92 Å². The molecule has 0 saturated carbocycles. The number of nitrogens with zero attached hydrogens (tertiary/aromatic N) is 1. The molecule has 0 aliphatic carbocycles. The maximum atomic E-state index is 14.0. The molecule has 2 amide bonds. The van der Waals surface area contributed by atoms with Crippen molar-refractivity contribution in [2.45, 2.75) is 39.0 Å². The van der Waals surface area contributed by atoms with Gasteiger partial charge in [0.15, 0.2) is 0 Å². The lowest BCUT2D eigenvalue weighted by atomic mass is 9.92. The number of carbonyl (C=O) groups is 2. The topological polar surface area (TPSA) is 74.4 Å². The van der Waals surface area contributed by atoms with Gasteiger partial charge >= 0.3 is 0 Å². The number of rotatable bonds is 9. The molecule has 0 fully saturated rings. The van der Waals surface area contributed by atoms with E-state index in [0.717, 1.165) is 39.8 Å². The van der Waals surface area contributed by atoms with Gasteiger partial charge in [-0.1, -0.05) is 87.0 Å². The molecule has 0 spiro atoms. The second-order valence-corrected chi connectivity index (χ2v) is 10.6. The van der Waals surface area contributed by atoms with Crippen LogP contribution in [0.5, 0.6) is 5.75 Å². The Balaban J connectivity index is 1.29. The average molecular weight is 544 g/mol. The van der Waals surface area contributed by atoms with Crippen LogP contribution in [0.1, 0.15) is 53.4 Å². The normalized spacial score (nSPS) is 15.9. The molecule has 6 rings (SSSR count). The van der Waals surface area contributed by atoms with E-state index in [4.69, 9.17) is 4.74 Å². The molecule has 0 radical (unpaired) electrons. The summed E-state index contributed by atoms with van der Waals surface area (Å²) in [5.41, 5.74) is 5.29. The van der Waals surface area contributed by atoms with Crippen LogP contribution in [0.15, 0.2) is 109 Å². The zero-order valence-electron chi connectivity index (χ0n) is 23.2. The monoisotopic (exact) mass is 543 g/mol. The van der Waals surface area contributed by atoms with E-state index in [1.807, 2.05) is 110 Å². The SMILES string of the molecule is CCC(C)C(C(=O)Nc1ccc(OCc2ccccc2)cc1)N1C(=O)c2ccccc2C1c1c[nH]c2ccccc12. The molecule has 2 heterocycles. The molecular weight excluding hydrogens is 510 g/mol.